The van der Waals surface area contributed by atoms with Gasteiger partial charge in [-0.2, -0.15) is 0 Å². The predicted molar refractivity (Wildman–Crippen MR) is 114 cm³/mol. The van der Waals surface area contributed by atoms with Crippen molar-refractivity contribution in [3.63, 3.8) is 0 Å². The molecule has 2 aliphatic heterocycles. The average molecular weight is 419 g/mol. The van der Waals surface area contributed by atoms with E-state index in [0.29, 0.717) is 6.54 Å². The standard InChI is InChI=1S/C15H20N2O3.C7H14N2O/c1-15(2)8-9-17(12(15)13(16)18)14(19)20-10-11-6-4-3-5-7-11;1-7(2)3-4-9-5(7)6(8)10/h3-7,12H,8-10H2,1-2H3,(H2,16,18);5,9H,3-4H2,1-2H3,(H2,8,10)/t12-;5-/m11/s1. The molecule has 5 N–H and O–H groups in total. The van der Waals surface area contributed by atoms with Crippen LogP contribution in [0.15, 0.2) is 30.3 Å². The van der Waals surface area contributed by atoms with Gasteiger partial charge in [0, 0.05) is 6.54 Å². The highest BCUT2D eigenvalue weighted by Crippen LogP contribution is 2.36. The number of hydrogen-bond acceptors (Lipinski definition) is 5. The minimum Gasteiger partial charge on any atom is -0.445 e. The van der Waals surface area contributed by atoms with E-state index >= 15 is 0 Å². The third-order valence-corrected chi connectivity index (χ3v) is 5.94. The first-order valence-electron chi connectivity index (χ1n) is 10.2. The van der Waals surface area contributed by atoms with Gasteiger partial charge in [0.2, 0.25) is 11.8 Å². The number of nitrogens with two attached hydrogens (primary N) is 2. The van der Waals surface area contributed by atoms with Gasteiger partial charge in [-0.25, -0.2) is 4.79 Å². The van der Waals surface area contributed by atoms with Crippen LogP contribution >= 0.6 is 0 Å². The molecule has 0 saturated carbocycles. The summed E-state index contributed by atoms with van der Waals surface area (Å²) >= 11 is 0. The van der Waals surface area contributed by atoms with Crippen LogP contribution in [0.5, 0.6) is 0 Å². The lowest BCUT2D eigenvalue weighted by Gasteiger charge is -2.29. The van der Waals surface area contributed by atoms with E-state index in [0.717, 1.165) is 24.9 Å². The highest BCUT2D eigenvalue weighted by atomic mass is 16.6. The lowest BCUT2D eigenvalue weighted by atomic mass is 9.84. The summed E-state index contributed by atoms with van der Waals surface area (Å²) < 4.78 is 5.26. The Morgan fingerprint density at radius 1 is 1.03 bits per heavy atom. The van der Waals surface area contributed by atoms with Crippen molar-refractivity contribution >= 4 is 17.9 Å². The zero-order valence-electron chi connectivity index (χ0n) is 18.3. The van der Waals surface area contributed by atoms with Gasteiger partial charge in [0.1, 0.15) is 12.6 Å². The Morgan fingerprint density at radius 2 is 1.67 bits per heavy atom. The molecule has 8 heteroatoms. The maximum atomic E-state index is 12.1. The normalized spacial score (nSPS) is 23.9. The number of nitrogens with zero attached hydrogens (tertiary/aromatic N) is 1. The minimum atomic E-state index is -0.606. The van der Waals surface area contributed by atoms with Gasteiger partial charge in [0.25, 0.3) is 0 Å². The van der Waals surface area contributed by atoms with E-state index in [1.54, 1.807) is 0 Å². The van der Waals surface area contributed by atoms with E-state index in [4.69, 9.17) is 16.2 Å². The zero-order valence-corrected chi connectivity index (χ0v) is 18.3. The number of primary amides is 2. The molecule has 2 atom stereocenters. The number of carbonyl (C=O) groups is 3. The molecule has 3 rings (SSSR count). The summed E-state index contributed by atoms with van der Waals surface area (Å²) in [4.78, 5) is 35.9. The summed E-state index contributed by atoms with van der Waals surface area (Å²) in [5.41, 5.74) is 11.2. The number of nitrogens with one attached hydrogen (secondary N) is 1. The van der Waals surface area contributed by atoms with Crippen LogP contribution in [0.4, 0.5) is 4.79 Å². The fourth-order valence-corrected chi connectivity index (χ4v) is 4.08. The second-order valence-corrected chi connectivity index (χ2v) is 9.31. The maximum absolute atomic E-state index is 12.1. The second-order valence-electron chi connectivity index (χ2n) is 9.31. The van der Waals surface area contributed by atoms with Gasteiger partial charge in [0.05, 0.1) is 6.04 Å². The van der Waals surface area contributed by atoms with Gasteiger partial charge in [-0.3, -0.25) is 14.5 Å². The second kappa shape index (κ2) is 9.47. The van der Waals surface area contributed by atoms with Crippen molar-refractivity contribution in [2.24, 2.45) is 22.3 Å². The molecule has 2 heterocycles. The summed E-state index contributed by atoms with van der Waals surface area (Å²) in [5.74, 6) is -0.716. The van der Waals surface area contributed by atoms with E-state index < -0.39 is 18.0 Å². The Balaban J connectivity index is 0.000000269. The third-order valence-electron chi connectivity index (χ3n) is 5.94. The third kappa shape index (κ3) is 5.72. The largest absolute Gasteiger partial charge is 0.445 e. The Hall–Kier alpha value is -2.61. The molecule has 0 aromatic heterocycles. The Kier molecular flexibility index (Phi) is 7.47. The molecule has 2 saturated heterocycles. The van der Waals surface area contributed by atoms with Crippen LogP contribution in [0.3, 0.4) is 0 Å². The number of likely N-dealkylation sites (tertiary alicyclic amines) is 1. The topological polar surface area (TPSA) is 128 Å². The molecule has 3 amide bonds. The molecule has 2 fully saturated rings. The molecule has 1 aromatic carbocycles. The summed E-state index contributed by atoms with van der Waals surface area (Å²) in [6.07, 6.45) is 1.28. The van der Waals surface area contributed by atoms with Gasteiger partial charge in [-0.15, -0.1) is 0 Å². The van der Waals surface area contributed by atoms with Crippen molar-refractivity contribution in [2.45, 2.75) is 59.2 Å². The SMILES string of the molecule is CC1(C)CCN(C(=O)OCc2ccccc2)[C@@H]1C(N)=O.CC1(C)CCN[C@@H]1C(N)=O. The molecule has 0 aliphatic carbocycles. The number of hydrogen-bond donors (Lipinski definition) is 3. The fourth-order valence-electron chi connectivity index (χ4n) is 4.08. The summed E-state index contributed by atoms with van der Waals surface area (Å²) in [6, 6.07) is 8.69. The van der Waals surface area contributed by atoms with Crippen molar-refractivity contribution in [1.29, 1.82) is 0 Å². The first-order chi connectivity index (χ1) is 14.0. The van der Waals surface area contributed by atoms with Crippen LogP contribution in [-0.4, -0.2) is 48.0 Å². The molecule has 2 aliphatic rings. The van der Waals surface area contributed by atoms with Crippen LogP contribution in [0.2, 0.25) is 0 Å². The van der Waals surface area contributed by atoms with Crippen molar-refractivity contribution in [3.8, 4) is 0 Å². The minimum absolute atomic E-state index is 0.0475. The van der Waals surface area contributed by atoms with E-state index in [9.17, 15) is 14.4 Å². The molecular weight excluding hydrogens is 384 g/mol. The van der Waals surface area contributed by atoms with Crippen LogP contribution in [0.25, 0.3) is 0 Å². The van der Waals surface area contributed by atoms with E-state index in [1.807, 2.05) is 44.2 Å². The lowest BCUT2D eigenvalue weighted by molar-refractivity contribution is -0.124. The van der Waals surface area contributed by atoms with E-state index in [1.165, 1.54) is 4.90 Å². The molecule has 0 radical (unpaired) electrons. The van der Waals surface area contributed by atoms with Crippen molar-refractivity contribution < 1.29 is 19.1 Å². The first kappa shape index (κ1) is 23.7. The lowest BCUT2D eigenvalue weighted by Crippen LogP contribution is -2.49. The Labute approximate surface area is 178 Å². The average Bonchev–Trinajstić information content (AvgIpc) is 3.19. The molecule has 8 nitrogen and oxygen atoms in total. The van der Waals surface area contributed by atoms with Crippen LogP contribution < -0.4 is 16.8 Å². The smallest absolute Gasteiger partial charge is 0.410 e. The monoisotopic (exact) mass is 418 g/mol. The fraction of sp³-hybridized carbons (Fsp3) is 0.591. The molecule has 0 spiro atoms. The number of rotatable bonds is 4. The summed E-state index contributed by atoms with van der Waals surface area (Å²) in [5, 5.41) is 3.07. The molecule has 0 unspecified atom stereocenters. The van der Waals surface area contributed by atoms with E-state index in [2.05, 4.69) is 19.2 Å². The van der Waals surface area contributed by atoms with Gasteiger partial charge in [-0.05, 0) is 35.8 Å². The van der Waals surface area contributed by atoms with Crippen LogP contribution in [0.1, 0.15) is 46.1 Å². The number of ether oxygens (including phenoxy) is 1. The number of benzene rings is 1. The van der Waals surface area contributed by atoms with E-state index in [-0.39, 0.29) is 29.4 Å². The molecule has 30 heavy (non-hydrogen) atoms. The van der Waals surface area contributed by atoms with Crippen molar-refractivity contribution in [3.05, 3.63) is 35.9 Å². The highest BCUT2D eigenvalue weighted by Gasteiger charge is 2.46. The Bertz CT molecular complexity index is 764. The molecule has 0 bridgehead atoms. The Morgan fingerprint density at radius 3 is 2.13 bits per heavy atom. The van der Waals surface area contributed by atoms with Crippen molar-refractivity contribution in [1.82, 2.24) is 10.2 Å². The zero-order chi connectivity index (χ0) is 22.5. The quantitative estimate of drug-likeness (QED) is 0.686. The molecule has 166 valence electrons. The molecule has 1 aromatic rings. The number of carbonyl (C=O) groups excluding carboxylic acids is 3. The van der Waals surface area contributed by atoms with Crippen LogP contribution in [-0.2, 0) is 20.9 Å². The van der Waals surface area contributed by atoms with Gasteiger partial charge in [0.15, 0.2) is 0 Å². The van der Waals surface area contributed by atoms with Gasteiger partial charge >= 0.3 is 6.09 Å². The first-order valence-corrected chi connectivity index (χ1v) is 10.2. The van der Waals surface area contributed by atoms with Gasteiger partial charge < -0.3 is 21.5 Å². The highest BCUT2D eigenvalue weighted by molar-refractivity contribution is 5.85. The maximum Gasteiger partial charge on any atom is 0.410 e. The predicted octanol–water partition coefficient (Wildman–Crippen LogP) is 1.77. The van der Waals surface area contributed by atoms with Crippen molar-refractivity contribution in [2.75, 3.05) is 13.1 Å². The molecular formula is C22H34N4O4. The van der Waals surface area contributed by atoms with Crippen LogP contribution in [0, 0.1) is 10.8 Å². The number of amides is 3. The summed E-state index contributed by atoms with van der Waals surface area (Å²) in [7, 11) is 0. The summed E-state index contributed by atoms with van der Waals surface area (Å²) in [6.45, 7) is 9.58. The van der Waals surface area contributed by atoms with Gasteiger partial charge in [-0.1, -0.05) is 58.0 Å².